The van der Waals surface area contributed by atoms with Crippen molar-refractivity contribution < 1.29 is 23.4 Å². The minimum absolute atomic E-state index is 0.123. The number of oxazole rings is 1. The summed E-state index contributed by atoms with van der Waals surface area (Å²) in [6.07, 6.45) is -2.17. The highest BCUT2D eigenvalue weighted by atomic mass is 19.3. The molecule has 1 atom stereocenters. The predicted molar refractivity (Wildman–Crippen MR) is 71.0 cm³/mol. The van der Waals surface area contributed by atoms with Crippen LogP contribution < -0.4 is 0 Å². The lowest BCUT2D eigenvalue weighted by molar-refractivity contribution is -0.133. The summed E-state index contributed by atoms with van der Waals surface area (Å²) in [5, 5.41) is 19.2. The molecule has 21 heavy (non-hydrogen) atoms. The number of hydrogen-bond donors (Lipinski definition) is 2. The normalized spacial score (nSPS) is 13.5. The summed E-state index contributed by atoms with van der Waals surface area (Å²) < 4.78 is 33.7. The largest absolute Gasteiger partial charge is 0.508 e. The molecule has 0 bridgehead atoms. The van der Waals surface area contributed by atoms with Crippen molar-refractivity contribution in [3.05, 3.63) is 60.0 Å². The molecule has 4 nitrogen and oxygen atoms in total. The number of rotatable bonds is 3. The van der Waals surface area contributed by atoms with Crippen LogP contribution in [0, 0.1) is 0 Å². The van der Waals surface area contributed by atoms with E-state index in [2.05, 4.69) is 4.98 Å². The van der Waals surface area contributed by atoms with Crippen LogP contribution in [0.15, 0.2) is 52.9 Å². The smallest absolute Gasteiger partial charge is 0.351 e. The van der Waals surface area contributed by atoms with Gasteiger partial charge in [0, 0.05) is 0 Å². The van der Waals surface area contributed by atoms with Gasteiger partial charge in [0.1, 0.15) is 11.3 Å². The molecule has 2 N–H and O–H groups in total. The summed E-state index contributed by atoms with van der Waals surface area (Å²) in [5.74, 6) is -4.79. The average Bonchev–Trinajstić information content (AvgIpc) is 2.91. The van der Waals surface area contributed by atoms with Crippen LogP contribution >= 0.6 is 0 Å². The average molecular weight is 291 g/mol. The second-order valence-corrected chi connectivity index (χ2v) is 4.61. The molecule has 0 aliphatic carbocycles. The molecule has 0 saturated heterocycles. The van der Waals surface area contributed by atoms with Gasteiger partial charge in [-0.25, -0.2) is 4.98 Å². The fourth-order valence-electron chi connectivity index (χ4n) is 2.04. The number of phenolic OH excluding ortho intramolecular Hbond substituents is 1. The minimum Gasteiger partial charge on any atom is -0.508 e. The van der Waals surface area contributed by atoms with Gasteiger partial charge in [0.05, 0.1) is 0 Å². The van der Waals surface area contributed by atoms with Gasteiger partial charge < -0.3 is 14.6 Å². The summed E-state index contributed by atoms with van der Waals surface area (Å²) in [7, 11) is 0. The summed E-state index contributed by atoms with van der Waals surface area (Å²) >= 11 is 0. The highest BCUT2D eigenvalue weighted by Crippen LogP contribution is 2.41. The van der Waals surface area contributed by atoms with Crippen LogP contribution in [0.2, 0.25) is 0 Å². The van der Waals surface area contributed by atoms with E-state index < -0.39 is 17.9 Å². The van der Waals surface area contributed by atoms with Crippen molar-refractivity contribution in [1.82, 2.24) is 4.98 Å². The molecule has 0 aliphatic rings. The molecule has 0 aliphatic heterocycles. The van der Waals surface area contributed by atoms with Crippen molar-refractivity contribution >= 4 is 11.1 Å². The number of halogens is 2. The van der Waals surface area contributed by atoms with E-state index >= 15 is 0 Å². The van der Waals surface area contributed by atoms with Crippen molar-refractivity contribution in [3.8, 4) is 5.75 Å². The topological polar surface area (TPSA) is 66.5 Å². The van der Waals surface area contributed by atoms with Gasteiger partial charge in [-0.2, -0.15) is 8.78 Å². The number of aromatic hydroxyl groups is 1. The van der Waals surface area contributed by atoms with Crippen LogP contribution in [-0.4, -0.2) is 15.2 Å². The number of benzene rings is 2. The Morgan fingerprint density at radius 1 is 1.10 bits per heavy atom. The Kier molecular flexibility index (Phi) is 3.10. The third kappa shape index (κ3) is 2.34. The van der Waals surface area contributed by atoms with E-state index in [1.807, 2.05) is 0 Å². The highest BCUT2D eigenvalue weighted by molar-refractivity contribution is 5.72. The van der Waals surface area contributed by atoms with E-state index in [0.717, 1.165) is 6.07 Å². The first-order valence-electron chi connectivity index (χ1n) is 6.19. The van der Waals surface area contributed by atoms with Gasteiger partial charge in [-0.15, -0.1) is 0 Å². The van der Waals surface area contributed by atoms with Gasteiger partial charge in [0.2, 0.25) is 0 Å². The van der Waals surface area contributed by atoms with E-state index in [-0.39, 0.29) is 22.4 Å². The monoisotopic (exact) mass is 291 g/mol. The maximum Gasteiger partial charge on any atom is 0.351 e. The fraction of sp³-hybridized carbons (Fsp3) is 0.133. The molecule has 0 radical (unpaired) electrons. The van der Waals surface area contributed by atoms with Crippen molar-refractivity contribution in [2.75, 3.05) is 0 Å². The zero-order valence-electron chi connectivity index (χ0n) is 10.7. The van der Waals surface area contributed by atoms with Crippen LogP contribution in [-0.2, 0) is 5.92 Å². The first-order chi connectivity index (χ1) is 9.98. The predicted octanol–water partition coefficient (Wildman–Crippen LogP) is 3.36. The van der Waals surface area contributed by atoms with E-state index in [4.69, 9.17) is 4.42 Å². The Morgan fingerprint density at radius 2 is 1.86 bits per heavy atom. The molecule has 0 fully saturated rings. The molecule has 0 amide bonds. The van der Waals surface area contributed by atoms with E-state index in [9.17, 15) is 19.0 Å². The molecule has 108 valence electrons. The third-order valence-corrected chi connectivity index (χ3v) is 3.11. The quantitative estimate of drug-likeness (QED) is 0.776. The molecular formula is C15H11F2NO3. The Hall–Kier alpha value is -2.47. The van der Waals surface area contributed by atoms with Gasteiger partial charge in [0.15, 0.2) is 11.7 Å². The van der Waals surface area contributed by atoms with Crippen LogP contribution in [0.3, 0.4) is 0 Å². The first-order valence-corrected chi connectivity index (χ1v) is 6.19. The summed E-state index contributed by atoms with van der Waals surface area (Å²) in [6, 6.07) is 11.4. The van der Waals surface area contributed by atoms with Gasteiger partial charge in [-0.1, -0.05) is 24.3 Å². The van der Waals surface area contributed by atoms with Gasteiger partial charge in [-0.05, 0) is 29.8 Å². The molecule has 1 aromatic heterocycles. The van der Waals surface area contributed by atoms with Crippen LogP contribution in [0.1, 0.15) is 17.6 Å². The zero-order chi connectivity index (χ0) is 15.0. The molecule has 0 saturated carbocycles. The second kappa shape index (κ2) is 4.82. The highest BCUT2D eigenvalue weighted by Gasteiger charge is 2.46. The summed E-state index contributed by atoms with van der Waals surface area (Å²) in [4.78, 5) is 3.71. The minimum atomic E-state index is -3.72. The van der Waals surface area contributed by atoms with Gasteiger partial charge in [0.25, 0.3) is 5.89 Å². The van der Waals surface area contributed by atoms with Gasteiger partial charge >= 0.3 is 5.92 Å². The molecular weight excluding hydrogens is 280 g/mol. The maximum absolute atomic E-state index is 14.3. The first kappa shape index (κ1) is 13.5. The number of aliphatic hydroxyl groups is 1. The lowest BCUT2D eigenvalue weighted by atomic mass is 10.0. The maximum atomic E-state index is 14.3. The molecule has 2 aromatic carbocycles. The van der Waals surface area contributed by atoms with E-state index in [1.54, 1.807) is 18.2 Å². The van der Waals surface area contributed by atoms with Crippen molar-refractivity contribution in [3.63, 3.8) is 0 Å². The van der Waals surface area contributed by atoms with Crippen molar-refractivity contribution in [1.29, 1.82) is 0 Å². The second-order valence-electron chi connectivity index (χ2n) is 4.61. The third-order valence-electron chi connectivity index (χ3n) is 3.11. The lowest BCUT2D eigenvalue weighted by Gasteiger charge is -2.19. The Bertz CT molecular complexity index is 752. The Morgan fingerprint density at radius 3 is 2.57 bits per heavy atom. The van der Waals surface area contributed by atoms with Crippen LogP contribution in [0.25, 0.3) is 11.1 Å². The summed E-state index contributed by atoms with van der Waals surface area (Å²) in [5.41, 5.74) is 0.382. The fourth-order valence-corrected chi connectivity index (χ4v) is 2.04. The van der Waals surface area contributed by atoms with E-state index in [0.29, 0.717) is 0 Å². The number of aromatic nitrogens is 1. The van der Waals surface area contributed by atoms with E-state index in [1.165, 1.54) is 24.3 Å². The summed E-state index contributed by atoms with van der Waals surface area (Å²) in [6.45, 7) is 0. The van der Waals surface area contributed by atoms with Crippen LogP contribution in [0.5, 0.6) is 5.75 Å². The number of fused-ring (bicyclic) bond motifs is 1. The van der Waals surface area contributed by atoms with Crippen molar-refractivity contribution in [2.45, 2.75) is 12.0 Å². The Balaban J connectivity index is 2.02. The standard InChI is InChI=1S/C15H11F2NO3/c16-15(17,13(20)9-4-3-5-10(19)8-9)14-18-11-6-1-2-7-12(11)21-14/h1-8,13,19-20H. The molecule has 0 spiro atoms. The molecule has 3 rings (SSSR count). The SMILES string of the molecule is Oc1cccc(C(O)C(F)(F)c2nc3ccccc3o2)c1. The zero-order valence-corrected chi connectivity index (χ0v) is 10.7. The number of phenols is 1. The number of alkyl halides is 2. The van der Waals surface area contributed by atoms with Crippen molar-refractivity contribution in [2.24, 2.45) is 0 Å². The number of para-hydroxylation sites is 2. The molecule has 1 heterocycles. The molecule has 3 aromatic rings. The Labute approximate surface area is 118 Å². The number of aliphatic hydroxyl groups excluding tert-OH is 1. The molecule has 6 heteroatoms. The lowest BCUT2D eigenvalue weighted by Crippen LogP contribution is -2.24. The molecule has 1 unspecified atom stereocenters. The number of hydrogen-bond acceptors (Lipinski definition) is 4. The van der Waals surface area contributed by atoms with Crippen LogP contribution in [0.4, 0.5) is 8.78 Å². The number of nitrogens with zero attached hydrogens (tertiary/aromatic N) is 1. The van der Waals surface area contributed by atoms with Gasteiger partial charge in [-0.3, -0.25) is 0 Å².